The zero-order chi connectivity index (χ0) is 34.2. The van der Waals surface area contributed by atoms with Crippen molar-refractivity contribution in [3.8, 4) is 39.9 Å². The van der Waals surface area contributed by atoms with E-state index in [9.17, 15) is 0 Å². The summed E-state index contributed by atoms with van der Waals surface area (Å²) in [6.45, 7) is 0. The van der Waals surface area contributed by atoms with Crippen LogP contribution in [0, 0.1) is 0 Å². The number of aromatic nitrogens is 5. The Morgan fingerprint density at radius 2 is 1.08 bits per heavy atom. The van der Waals surface area contributed by atoms with Crippen LogP contribution in [0.2, 0.25) is 0 Å². The summed E-state index contributed by atoms with van der Waals surface area (Å²) in [6, 6.07) is 53.0. The van der Waals surface area contributed by atoms with Crippen molar-refractivity contribution in [2.45, 2.75) is 0 Å². The maximum Gasteiger partial charge on any atom is 0.164 e. The van der Waals surface area contributed by atoms with E-state index in [4.69, 9.17) is 19.4 Å². The fourth-order valence-electron chi connectivity index (χ4n) is 7.62. The average Bonchev–Trinajstić information content (AvgIpc) is 3.76. The predicted molar refractivity (Wildman–Crippen MR) is 211 cm³/mol. The lowest BCUT2D eigenvalue weighted by atomic mass is 10.1. The quantitative estimate of drug-likeness (QED) is 0.187. The highest BCUT2D eigenvalue weighted by molar-refractivity contribution is 6.18. The summed E-state index contributed by atoms with van der Waals surface area (Å²) in [6.07, 6.45) is 3.54. The molecule has 0 aliphatic rings. The number of fused-ring (bicyclic) bond motifs is 9. The zero-order valence-electron chi connectivity index (χ0n) is 27.7. The minimum absolute atomic E-state index is 0.594. The highest BCUT2D eigenvalue weighted by Crippen LogP contribution is 2.37. The second-order valence-corrected chi connectivity index (χ2v) is 13.1. The number of benzene rings is 7. The molecule has 242 valence electrons. The first-order chi connectivity index (χ1) is 25.7. The van der Waals surface area contributed by atoms with Gasteiger partial charge in [0, 0.05) is 55.5 Å². The van der Waals surface area contributed by atoms with Crippen molar-refractivity contribution in [3.63, 3.8) is 0 Å². The standard InChI is InChI=1S/C46H27N5O/c1-2-9-31-25-32(14-13-28(31)7-1)45-48-44(49-46(50-45)33-18-22-41-39(26-33)37-23-24-47-27-42(37)52-41)30-15-19-34(20-16-30)51-40-12-6-5-11-36(40)38-21-17-29-8-3-4-10-35(29)43(38)51/h1-27H. The van der Waals surface area contributed by atoms with Crippen LogP contribution in [-0.2, 0) is 0 Å². The first-order valence-electron chi connectivity index (χ1n) is 17.3. The number of hydrogen-bond donors (Lipinski definition) is 0. The van der Waals surface area contributed by atoms with Crippen molar-refractivity contribution in [1.82, 2.24) is 24.5 Å². The maximum atomic E-state index is 6.07. The highest BCUT2D eigenvalue weighted by Gasteiger charge is 2.17. The van der Waals surface area contributed by atoms with Gasteiger partial charge in [0.25, 0.3) is 0 Å². The molecule has 0 unspecified atom stereocenters. The molecule has 6 nitrogen and oxygen atoms in total. The van der Waals surface area contributed by atoms with Crippen LogP contribution in [0.3, 0.4) is 0 Å². The third kappa shape index (κ3) is 4.44. The lowest BCUT2D eigenvalue weighted by Gasteiger charge is -2.12. The first kappa shape index (κ1) is 28.6. The van der Waals surface area contributed by atoms with Crippen molar-refractivity contribution >= 4 is 65.3 Å². The molecule has 11 rings (SSSR count). The van der Waals surface area contributed by atoms with E-state index in [-0.39, 0.29) is 0 Å². The molecule has 4 aromatic heterocycles. The van der Waals surface area contributed by atoms with Crippen LogP contribution in [0.1, 0.15) is 0 Å². The third-order valence-corrected chi connectivity index (χ3v) is 10.1. The van der Waals surface area contributed by atoms with Gasteiger partial charge in [-0.3, -0.25) is 4.98 Å². The maximum absolute atomic E-state index is 6.07. The molecular weight excluding hydrogens is 639 g/mol. The molecule has 0 amide bonds. The number of furan rings is 1. The summed E-state index contributed by atoms with van der Waals surface area (Å²) < 4.78 is 8.44. The summed E-state index contributed by atoms with van der Waals surface area (Å²) >= 11 is 0. The number of pyridine rings is 1. The molecular formula is C46H27N5O. The van der Waals surface area contributed by atoms with Gasteiger partial charge in [-0.2, -0.15) is 0 Å². The summed E-state index contributed by atoms with van der Waals surface area (Å²) in [5.41, 5.74) is 7.70. The van der Waals surface area contributed by atoms with Crippen molar-refractivity contribution < 1.29 is 4.42 Å². The SMILES string of the molecule is c1ccc2cc(-c3nc(-c4ccc(-n5c6ccccc6c6ccc7ccccc7c65)cc4)nc(-c4ccc5oc6cnccc6c5c4)n3)ccc2c1. The van der Waals surface area contributed by atoms with Gasteiger partial charge in [0.2, 0.25) is 0 Å². The third-order valence-electron chi connectivity index (χ3n) is 10.1. The Morgan fingerprint density at radius 1 is 0.423 bits per heavy atom. The molecule has 0 saturated heterocycles. The Kier molecular flexibility index (Phi) is 6.15. The number of rotatable bonds is 4. The van der Waals surface area contributed by atoms with E-state index in [1.165, 1.54) is 38.0 Å². The second-order valence-electron chi connectivity index (χ2n) is 13.1. The van der Waals surface area contributed by atoms with E-state index < -0.39 is 0 Å². The molecule has 0 aliphatic carbocycles. The molecule has 52 heavy (non-hydrogen) atoms. The smallest absolute Gasteiger partial charge is 0.164 e. The first-order valence-corrected chi connectivity index (χ1v) is 17.3. The molecule has 0 radical (unpaired) electrons. The molecule has 4 heterocycles. The van der Waals surface area contributed by atoms with E-state index >= 15 is 0 Å². The lowest BCUT2D eigenvalue weighted by Crippen LogP contribution is -2.01. The van der Waals surface area contributed by atoms with Crippen LogP contribution in [0.5, 0.6) is 0 Å². The Balaban J connectivity index is 1.09. The topological polar surface area (TPSA) is 69.6 Å². The Morgan fingerprint density at radius 3 is 1.92 bits per heavy atom. The molecule has 0 saturated carbocycles. The minimum Gasteiger partial charge on any atom is -0.454 e. The van der Waals surface area contributed by atoms with Crippen molar-refractivity contribution in [1.29, 1.82) is 0 Å². The van der Waals surface area contributed by atoms with Crippen LogP contribution in [0.15, 0.2) is 168 Å². The molecule has 0 atom stereocenters. The summed E-state index contributed by atoms with van der Waals surface area (Å²) in [5, 5.41) is 9.20. The molecule has 0 aliphatic heterocycles. The van der Waals surface area contributed by atoms with Crippen molar-refractivity contribution in [2.75, 3.05) is 0 Å². The average molecular weight is 666 g/mol. The number of hydrogen-bond acceptors (Lipinski definition) is 5. The number of nitrogens with zero attached hydrogens (tertiary/aromatic N) is 5. The van der Waals surface area contributed by atoms with Crippen LogP contribution < -0.4 is 0 Å². The van der Waals surface area contributed by atoms with E-state index in [0.717, 1.165) is 49.7 Å². The van der Waals surface area contributed by atoms with E-state index in [1.807, 2.05) is 18.2 Å². The van der Waals surface area contributed by atoms with Gasteiger partial charge in [-0.25, -0.2) is 15.0 Å². The molecule has 11 aromatic rings. The normalized spacial score (nSPS) is 11.8. The zero-order valence-corrected chi connectivity index (χ0v) is 27.7. The molecule has 7 aromatic carbocycles. The summed E-state index contributed by atoms with van der Waals surface area (Å²) in [4.78, 5) is 19.5. The summed E-state index contributed by atoms with van der Waals surface area (Å²) in [5.74, 6) is 1.81. The van der Waals surface area contributed by atoms with Gasteiger partial charge < -0.3 is 8.98 Å². The van der Waals surface area contributed by atoms with Gasteiger partial charge in [-0.1, -0.05) is 91.0 Å². The van der Waals surface area contributed by atoms with Gasteiger partial charge in [-0.05, 0) is 76.8 Å². The van der Waals surface area contributed by atoms with Gasteiger partial charge >= 0.3 is 0 Å². The highest BCUT2D eigenvalue weighted by atomic mass is 16.3. The van der Waals surface area contributed by atoms with Crippen LogP contribution in [0.4, 0.5) is 0 Å². The van der Waals surface area contributed by atoms with Crippen LogP contribution in [-0.4, -0.2) is 24.5 Å². The van der Waals surface area contributed by atoms with E-state index in [1.54, 1.807) is 12.4 Å². The molecule has 6 heteroatoms. The van der Waals surface area contributed by atoms with Gasteiger partial charge in [-0.15, -0.1) is 0 Å². The second kappa shape index (κ2) is 11.2. The molecule has 0 N–H and O–H groups in total. The van der Waals surface area contributed by atoms with E-state index in [2.05, 4.69) is 143 Å². The van der Waals surface area contributed by atoms with Crippen LogP contribution in [0.25, 0.3) is 105 Å². The van der Waals surface area contributed by atoms with Gasteiger partial charge in [0.1, 0.15) is 5.58 Å². The minimum atomic E-state index is 0.594. The largest absolute Gasteiger partial charge is 0.454 e. The summed E-state index contributed by atoms with van der Waals surface area (Å²) in [7, 11) is 0. The van der Waals surface area contributed by atoms with E-state index in [0.29, 0.717) is 17.5 Å². The van der Waals surface area contributed by atoms with Crippen LogP contribution >= 0.6 is 0 Å². The monoisotopic (exact) mass is 665 g/mol. The Hall–Kier alpha value is -7.18. The fraction of sp³-hybridized carbons (Fsp3) is 0. The lowest BCUT2D eigenvalue weighted by molar-refractivity contribution is 0.667. The number of para-hydroxylation sites is 1. The molecule has 0 fully saturated rings. The van der Waals surface area contributed by atoms with Gasteiger partial charge in [0.05, 0.1) is 17.2 Å². The van der Waals surface area contributed by atoms with Crippen molar-refractivity contribution in [3.05, 3.63) is 164 Å². The predicted octanol–water partition coefficient (Wildman–Crippen LogP) is 11.6. The fourth-order valence-corrected chi connectivity index (χ4v) is 7.62. The molecule has 0 bridgehead atoms. The Bertz CT molecular complexity index is 3190. The Labute approximate surface area is 297 Å². The molecule has 0 spiro atoms. The van der Waals surface area contributed by atoms with Crippen molar-refractivity contribution in [2.24, 2.45) is 0 Å². The van der Waals surface area contributed by atoms with Gasteiger partial charge in [0.15, 0.2) is 23.1 Å².